The Labute approximate surface area is 114 Å². The number of carbonyl (C=O) groups is 1. The van der Waals surface area contributed by atoms with Gasteiger partial charge in [-0.3, -0.25) is 4.79 Å². The molecule has 4 nitrogen and oxygen atoms in total. The van der Waals surface area contributed by atoms with Gasteiger partial charge in [-0.25, -0.2) is 4.98 Å². The summed E-state index contributed by atoms with van der Waals surface area (Å²) >= 11 is 3.37. The number of nitrogens with zero attached hydrogens (tertiary/aromatic N) is 2. The number of amides is 1. The Balaban J connectivity index is 2.08. The second kappa shape index (κ2) is 5.35. The van der Waals surface area contributed by atoms with Gasteiger partial charge in [-0.05, 0) is 24.6 Å². The van der Waals surface area contributed by atoms with E-state index in [0.29, 0.717) is 12.1 Å². The normalized spacial score (nSPS) is 10.4. The molecule has 1 aromatic heterocycles. The summed E-state index contributed by atoms with van der Waals surface area (Å²) in [4.78, 5) is 16.2. The third-order valence-electron chi connectivity index (χ3n) is 2.77. The molecule has 0 radical (unpaired) electrons. The maximum Gasteiger partial charge on any atom is 0.251 e. The van der Waals surface area contributed by atoms with Gasteiger partial charge < -0.3 is 9.88 Å². The molecule has 0 spiro atoms. The Morgan fingerprint density at radius 1 is 1.50 bits per heavy atom. The van der Waals surface area contributed by atoms with Crippen molar-refractivity contribution >= 4 is 21.8 Å². The van der Waals surface area contributed by atoms with Gasteiger partial charge in [-0.2, -0.15) is 0 Å². The highest BCUT2D eigenvalue weighted by atomic mass is 79.9. The molecule has 0 aliphatic carbocycles. The van der Waals surface area contributed by atoms with E-state index in [0.717, 1.165) is 15.9 Å². The summed E-state index contributed by atoms with van der Waals surface area (Å²) < 4.78 is 2.78. The molecule has 5 heteroatoms. The van der Waals surface area contributed by atoms with E-state index in [1.165, 1.54) is 0 Å². The second-order valence-corrected chi connectivity index (χ2v) is 5.01. The molecule has 0 aliphatic heterocycles. The van der Waals surface area contributed by atoms with Gasteiger partial charge in [0, 0.05) is 29.5 Å². The van der Waals surface area contributed by atoms with E-state index in [1.54, 1.807) is 6.20 Å². The Bertz CT molecular complexity index is 577. The maximum absolute atomic E-state index is 12.1. The summed E-state index contributed by atoms with van der Waals surface area (Å²) in [5.41, 5.74) is 1.63. The van der Waals surface area contributed by atoms with Gasteiger partial charge in [0.1, 0.15) is 5.82 Å². The van der Waals surface area contributed by atoms with E-state index >= 15 is 0 Å². The quantitative estimate of drug-likeness (QED) is 0.946. The summed E-state index contributed by atoms with van der Waals surface area (Å²) in [7, 11) is 1.90. The Morgan fingerprint density at radius 2 is 2.28 bits per heavy atom. The van der Waals surface area contributed by atoms with E-state index in [1.807, 2.05) is 42.9 Å². The van der Waals surface area contributed by atoms with E-state index in [9.17, 15) is 4.79 Å². The molecule has 1 amide bonds. The van der Waals surface area contributed by atoms with Crippen LogP contribution in [0.4, 0.5) is 0 Å². The highest BCUT2D eigenvalue weighted by Crippen LogP contribution is 2.16. The maximum atomic E-state index is 12.1. The van der Waals surface area contributed by atoms with Gasteiger partial charge in [0.25, 0.3) is 5.91 Å². The zero-order valence-electron chi connectivity index (χ0n) is 10.3. The summed E-state index contributed by atoms with van der Waals surface area (Å²) in [5.74, 6) is 0.743. The zero-order valence-corrected chi connectivity index (χ0v) is 11.9. The number of halogens is 1. The second-order valence-electron chi connectivity index (χ2n) is 4.10. The highest BCUT2D eigenvalue weighted by molar-refractivity contribution is 9.10. The van der Waals surface area contributed by atoms with Gasteiger partial charge >= 0.3 is 0 Å². The molecular weight excluding hydrogens is 294 g/mol. The van der Waals surface area contributed by atoms with Crippen LogP contribution in [0.1, 0.15) is 21.7 Å². The molecule has 94 valence electrons. The van der Waals surface area contributed by atoms with Crippen molar-refractivity contribution in [2.45, 2.75) is 13.5 Å². The summed E-state index contributed by atoms with van der Waals surface area (Å²) in [6.45, 7) is 2.34. The molecule has 1 heterocycles. The van der Waals surface area contributed by atoms with Crippen molar-refractivity contribution in [2.24, 2.45) is 7.05 Å². The molecule has 2 rings (SSSR count). The smallest absolute Gasteiger partial charge is 0.251 e. The van der Waals surface area contributed by atoms with Crippen LogP contribution in [0.25, 0.3) is 0 Å². The van der Waals surface area contributed by atoms with E-state index in [-0.39, 0.29) is 5.91 Å². The SMILES string of the molecule is Cc1ccc(Br)cc1C(=O)NCc1nccn1C. The summed E-state index contributed by atoms with van der Waals surface area (Å²) in [5, 5.41) is 2.87. The molecule has 0 atom stereocenters. The molecule has 18 heavy (non-hydrogen) atoms. The molecule has 0 fully saturated rings. The minimum absolute atomic E-state index is 0.0863. The monoisotopic (exact) mass is 307 g/mol. The van der Waals surface area contributed by atoms with Crippen LogP contribution in [0.3, 0.4) is 0 Å². The Hall–Kier alpha value is -1.62. The van der Waals surface area contributed by atoms with Crippen LogP contribution in [0.15, 0.2) is 35.1 Å². The molecule has 0 saturated heterocycles. The Kier molecular flexibility index (Phi) is 3.81. The number of benzene rings is 1. The van der Waals surface area contributed by atoms with Crippen molar-refractivity contribution in [3.63, 3.8) is 0 Å². The number of carbonyl (C=O) groups excluding carboxylic acids is 1. The van der Waals surface area contributed by atoms with Gasteiger partial charge in [0.15, 0.2) is 0 Å². The molecule has 2 aromatic rings. The van der Waals surface area contributed by atoms with Gasteiger partial charge in [-0.15, -0.1) is 0 Å². The first-order valence-electron chi connectivity index (χ1n) is 5.58. The van der Waals surface area contributed by atoms with Crippen molar-refractivity contribution < 1.29 is 4.79 Å². The predicted molar refractivity (Wildman–Crippen MR) is 73.3 cm³/mol. The third kappa shape index (κ3) is 2.79. The number of hydrogen-bond donors (Lipinski definition) is 1. The number of aromatic nitrogens is 2. The Morgan fingerprint density at radius 3 is 2.94 bits per heavy atom. The minimum atomic E-state index is -0.0863. The van der Waals surface area contributed by atoms with Crippen LogP contribution >= 0.6 is 15.9 Å². The average molecular weight is 308 g/mol. The van der Waals surface area contributed by atoms with Gasteiger partial charge in [-0.1, -0.05) is 22.0 Å². The fourth-order valence-corrected chi connectivity index (χ4v) is 2.02. The zero-order chi connectivity index (χ0) is 13.1. The number of aryl methyl sites for hydroxylation is 2. The van der Waals surface area contributed by atoms with E-state index in [4.69, 9.17) is 0 Å². The number of hydrogen-bond acceptors (Lipinski definition) is 2. The first kappa shape index (κ1) is 12.8. The largest absolute Gasteiger partial charge is 0.345 e. The summed E-state index contributed by atoms with van der Waals surface area (Å²) in [6, 6.07) is 5.66. The van der Waals surface area contributed by atoms with E-state index < -0.39 is 0 Å². The van der Waals surface area contributed by atoms with Gasteiger partial charge in [0.2, 0.25) is 0 Å². The number of nitrogens with one attached hydrogen (secondary N) is 1. The number of imidazole rings is 1. The van der Waals surface area contributed by atoms with Crippen LogP contribution < -0.4 is 5.32 Å². The minimum Gasteiger partial charge on any atom is -0.345 e. The first-order valence-corrected chi connectivity index (χ1v) is 6.38. The van der Waals surface area contributed by atoms with Crippen LogP contribution in [0.5, 0.6) is 0 Å². The standard InChI is InChI=1S/C13H14BrN3O/c1-9-3-4-10(14)7-11(9)13(18)16-8-12-15-5-6-17(12)2/h3-7H,8H2,1-2H3,(H,16,18). The molecule has 1 aromatic carbocycles. The molecular formula is C13H14BrN3O. The van der Waals surface area contributed by atoms with Crippen molar-refractivity contribution in [3.05, 3.63) is 52.0 Å². The fourth-order valence-electron chi connectivity index (χ4n) is 1.66. The van der Waals surface area contributed by atoms with Crippen molar-refractivity contribution in [1.29, 1.82) is 0 Å². The highest BCUT2D eigenvalue weighted by Gasteiger charge is 2.10. The van der Waals surface area contributed by atoms with Crippen LogP contribution in [0, 0.1) is 6.92 Å². The predicted octanol–water partition coefficient (Wildman–Crippen LogP) is 2.42. The van der Waals surface area contributed by atoms with E-state index in [2.05, 4.69) is 26.2 Å². The van der Waals surface area contributed by atoms with Crippen molar-refractivity contribution in [1.82, 2.24) is 14.9 Å². The molecule has 1 N–H and O–H groups in total. The fraction of sp³-hybridized carbons (Fsp3) is 0.231. The van der Waals surface area contributed by atoms with Crippen molar-refractivity contribution in [3.8, 4) is 0 Å². The topological polar surface area (TPSA) is 46.9 Å². The molecule has 0 saturated carbocycles. The van der Waals surface area contributed by atoms with Crippen LogP contribution in [-0.4, -0.2) is 15.5 Å². The lowest BCUT2D eigenvalue weighted by Gasteiger charge is -2.08. The van der Waals surface area contributed by atoms with Crippen LogP contribution in [0.2, 0.25) is 0 Å². The lowest BCUT2D eigenvalue weighted by Crippen LogP contribution is -2.25. The van der Waals surface area contributed by atoms with Gasteiger partial charge in [0.05, 0.1) is 6.54 Å². The molecule has 0 bridgehead atoms. The first-order chi connectivity index (χ1) is 8.58. The lowest BCUT2D eigenvalue weighted by atomic mass is 10.1. The third-order valence-corrected chi connectivity index (χ3v) is 3.27. The van der Waals surface area contributed by atoms with Crippen LogP contribution in [-0.2, 0) is 13.6 Å². The average Bonchev–Trinajstić information content (AvgIpc) is 2.75. The number of rotatable bonds is 3. The lowest BCUT2D eigenvalue weighted by molar-refractivity contribution is 0.0949. The molecule has 0 aliphatic rings. The summed E-state index contributed by atoms with van der Waals surface area (Å²) in [6.07, 6.45) is 3.57. The van der Waals surface area contributed by atoms with Crippen molar-refractivity contribution in [2.75, 3.05) is 0 Å². The molecule has 0 unspecified atom stereocenters.